The van der Waals surface area contributed by atoms with E-state index in [4.69, 9.17) is 4.74 Å². The average Bonchev–Trinajstić information content (AvgIpc) is 2.96. The van der Waals surface area contributed by atoms with Crippen LogP contribution in [0.25, 0.3) is 0 Å². The second-order valence-corrected chi connectivity index (χ2v) is 7.61. The highest BCUT2D eigenvalue weighted by Crippen LogP contribution is 2.38. The summed E-state index contributed by atoms with van der Waals surface area (Å²) >= 11 is 1.38. The topological polar surface area (TPSA) is 114 Å². The third-order valence-corrected chi connectivity index (χ3v) is 5.45. The van der Waals surface area contributed by atoms with Crippen LogP contribution in [0.3, 0.4) is 0 Å². The van der Waals surface area contributed by atoms with Gasteiger partial charge in [0, 0.05) is 17.8 Å². The standard InChI is InChI=1S/C18H25N3O5S/c1-4-10(2)19-18(25)21-14(23)9-26-17(24)15-12-7-5-6-8-13(12)27-16(15)20-11(3)22/h10H,4-9H2,1-3H3,(H,20,22)(H2,19,21,23,25)/t10-/m1/s1. The molecule has 3 N–H and O–H groups in total. The van der Waals surface area contributed by atoms with Crippen LogP contribution < -0.4 is 16.0 Å². The highest BCUT2D eigenvalue weighted by atomic mass is 32.1. The Labute approximate surface area is 162 Å². The molecule has 148 valence electrons. The van der Waals surface area contributed by atoms with Crippen LogP contribution in [0.2, 0.25) is 0 Å². The summed E-state index contributed by atoms with van der Waals surface area (Å²) in [4.78, 5) is 48.5. The first-order valence-electron chi connectivity index (χ1n) is 9.01. The molecule has 0 saturated heterocycles. The maximum Gasteiger partial charge on any atom is 0.341 e. The predicted molar refractivity (Wildman–Crippen MR) is 102 cm³/mol. The molecule has 1 aliphatic rings. The highest BCUT2D eigenvalue weighted by molar-refractivity contribution is 7.17. The largest absolute Gasteiger partial charge is 0.452 e. The number of hydrogen-bond donors (Lipinski definition) is 3. The second-order valence-electron chi connectivity index (χ2n) is 6.50. The monoisotopic (exact) mass is 395 g/mol. The summed E-state index contributed by atoms with van der Waals surface area (Å²) in [6, 6.07) is -0.699. The Bertz CT molecular complexity index is 744. The molecule has 0 aliphatic heterocycles. The molecule has 8 nitrogen and oxygen atoms in total. The summed E-state index contributed by atoms with van der Waals surface area (Å²) in [7, 11) is 0. The summed E-state index contributed by atoms with van der Waals surface area (Å²) in [6.45, 7) is 4.52. The van der Waals surface area contributed by atoms with Crippen molar-refractivity contribution in [2.45, 2.75) is 58.9 Å². The van der Waals surface area contributed by atoms with E-state index >= 15 is 0 Å². The number of anilines is 1. The van der Waals surface area contributed by atoms with Gasteiger partial charge in [-0.2, -0.15) is 0 Å². The van der Waals surface area contributed by atoms with E-state index < -0.39 is 24.5 Å². The van der Waals surface area contributed by atoms with E-state index in [2.05, 4.69) is 16.0 Å². The Morgan fingerprint density at radius 1 is 1.19 bits per heavy atom. The fraction of sp³-hybridized carbons (Fsp3) is 0.556. The molecule has 0 aromatic carbocycles. The Balaban J connectivity index is 2.01. The van der Waals surface area contributed by atoms with Gasteiger partial charge in [-0.1, -0.05) is 6.92 Å². The van der Waals surface area contributed by atoms with E-state index in [1.54, 1.807) is 0 Å². The Morgan fingerprint density at radius 2 is 1.89 bits per heavy atom. The number of ether oxygens (including phenoxy) is 1. The van der Waals surface area contributed by atoms with E-state index in [1.807, 2.05) is 13.8 Å². The zero-order chi connectivity index (χ0) is 20.0. The molecule has 1 aromatic rings. The summed E-state index contributed by atoms with van der Waals surface area (Å²) in [5, 5.41) is 7.84. The van der Waals surface area contributed by atoms with E-state index in [1.165, 1.54) is 18.3 Å². The lowest BCUT2D eigenvalue weighted by Crippen LogP contribution is -2.44. The number of rotatable bonds is 6. The van der Waals surface area contributed by atoms with Gasteiger partial charge in [0.1, 0.15) is 5.00 Å². The smallest absolute Gasteiger partial charge is 0.341 e. The number of esters is 1. The highest BCUT2D eigenvalue weighted by Gasteiger charge is 2.27. The lowest BCUT2D eigenvalue weighted by atomic mass is 9.95. The number of carbonyl (C=O) groups is 4. The van der Waals surface area contributed by atoms with Crippen molar-refractivity contribution >= 4 is 40.2 Å². The molecule has 0 fully saturated rings. The molecule has 9 heteroatoms. The minimum Gasteiger partial charge on any atom is -0.452 e. The minimum absolute atomic E-state index is 0.0714. The van der Waals surface area contributed by atoms with Crippen molar-refractivity contribution in [1.29, 1.82) is 0 Å². The van der Waals surface area contributed by atoms with Crippen LogP contribution >= 0.6 is 11.3 Å². The van der Waals surface area contributed by atoms with Gasteiger partial charge in [-0.05, 0) is 44.6 Å². The number of hydrogen-bond acceptors (Lipinski definition) is 6. The number of nitrogens with one attached hydrogen (secondary N) is 3. The molecule has 0 unspecified atom stereocenters. The van der Waals surface area contributed by atoms with Crippen LogP contribution in [0.5, 0.6) is 0 Å². The van der Waals surface area contributed by atoms with Crippen molar-refractivity contribution in [2.75, 3.05) is 11.9 Å². The molecule has 1 aliphatic carbocycles. The molecule has 4 amide bonds. The molecule has 0 radical (unpaired) electrons. The van der Waals surface area contributed by atoms with Crippen molar-refractivity contribution in [2.24, 2.45) is 0 Å². The minimum atomic E-state index is -0.714. The Kier molecular flexibility index (Phi) is 7.35. The van der Waals surface area contributed by atoms with Gasteiger partial charge in [0.05, 0.1) is 5.56 Å². The number of imide groups is 1. The molecule has 0 spiro atoms. The van der Waals surface area contributed by atoms with Gasteiger partial charge < -0.3 is 15.4 Å². The van der Waals surface area contributed by atoms with Gasteiger partial charge in [0.15, 0.2) is 6.61 Å². The maximum absolute atomic E-state index is 12.5. The van der Waals surface area contributed by atoms with Gasteiger partial charge >= 0.3 is 12.0 Å². The summed E-state index contributed by atoms with van der Waals surface area (Å²) < 4.78 is 5.09. The number of carbonyl (C=O) groups excluding carboxylic acids is 4. The Morgan fingerprint density at radius 3 is 2.56 bits per heavy atom. The maximum atomic E-state index is 12.5. The first-order chi connectivity index (χ1) is 12.8. The molecule has 1 aromatic heterocycles. The van der Waals surface area contributed by atoms with Crippen molar-refractivity contribution in [3.05, 3.63) is 16.0 Å². The van der Waals surface area contributed by atoms with Crippen molar-refractivity contribution in [1.82, 2.24) is 10.6 Å². The van der Waals surface area contributed by atoms with Crippen LogP contribution in [0, 0.1) is 0 Å². The van der Waals surface area contributed by atoms with Crippen molar-refractivity contribution < 1.29 is 23.9 Å². The van der Waals surface area contributed by atoms with Gasteiger partial charge in [-0.15, -0.1) is 11.3 Å². The van der Waals surface area contributed by atoms with Gasteiger partial charge in [0.25, 0.3) is 5.91 Å². The Hall–Kier alpha value is -2.42. The number of amides is 4. The number of urea groups is 1. The van der Waals surface area contributed by atoms with Crippen molar-refractivity contribution in [3.63, 3.8) is 0 Å². The van der Waals surface area contributed by atoms with E-state index in [-0.39, 0.29) is 11.9 Å². The second kappa shape index (κ2) is 9.50. The van der Waals surface area contributed by atoms with Crippen LogP contribution in [-0.4, -0.2) is 36.5 Å². The van der Waals surface area contributed by atoms with Gasteiger partial charge in [-0.3, -0.25) is 14.9 Å². The third-order valence-electron chi connectivity index (χ3n) is 4.24. The quantitative estimate of drug-likeness (QED) is 0.640. The van der Waals surface area contributed by atoms with E-state index in [9.17, 15) is 19.2 Å². The van der Waals surface area contributed by atoms with Crippen LogP contribution in [-0.2, 0) is 27.2 Å². The molecule has 0 saturated carbocycles. The third kappa shape index (κ3) is 5.78. The van der Waals surface area contributed by atoms with Crippen LogP contribution in [0.4, 0.5) is 9.80 Å². The fourth-order valence-electron chi connectivity index (χ4n) is 2.76. The van der Waals surface area contributed by atoms with E-state index in [0.29, 0.717) is 10.6 Å². The number of aryl methyl sites for hydroxylation is 1. The number of thiophene rings is 1. The summed E-state index contributed by atoms with van der Waals surface area (Å²) in [5.41, 5.74) is 1.21. The van der Waals surface area contributed by atoms with E-state index in [0.717, 1.165) is 42.5 Å². The molecule has 0 bridgehead atoms. The summed E-state index contributed by atoms with van der Waals surface area (Å²) in [6.07, 6.45) is 4.32. The van der Waals surface area contributed by atoms with Crippen LogP contribution in [0.15, 0.2) is 0 Å². The number of fused-ring (bicyclic) bond motifs is 1. The normalized spacial score (nSPS) is 13.9. The summed E-state index contributed by atoms with van der Waals surface area (Å²) in [5.74, 6) is -1.66. The van der Waals surface area contributed by atoms with Crippen molar-refractivity contribution in [3.8, 4) is 0 Å². The molecule has 2 rings (SSSR count). The molecular weight excluding hydrogens is 370 g/mol. The molecule has 1 heterocycles. The van der Waals surface area contributed by atoms with Gasteiger partial charge in [-0.25, -0.2) is 9.59 Å². The SMILES string of the molecule is CC[C@@H](C)NC(=O)NC(=O)COC(=O)c1c(NC(C)=O)sc2c1CCCC2. The molecule has 1 atom stereocenters. The first-order valence-corrected chi connectivity index (χ1v) is 9.83. The lowest BCUT2D eigenvalue weighted by Gasteiger charge is -2.13. The first kappa shape index (κ1) is 20.9. The fourth-order valence-corrected chi connectivity index (χ4v) is 4.08. The van der Waals surface area contributed by atoms with Crippen LogP contribution in [0.1, 0.15) is 60.8 Å². The average molecular weight is 395 g/mol. The zero-order valence-corrected chi connectivity index (χ0v) is 16.6. The van der Waals surface area contributed by atoms with Gasteiger partial charge in [0.2, 0.25) is 5.91 Å². The molecular formula is C18H25N3O5S. The predicted octanol–water partition coefficient (Wildman–Crippen LogP) is 2.37. The lowest BCUT2D eigenvalue weighted by molar-refractivity contribution is -0.123. The molecule has 27 heavy (non-hydrogen) atoms. The zero-order valence-electron chi connectivity index (χ0n) is 15.8.